The van der Waals surface area contributed by atoms with Gasteiger partial charge in [0.25, 0.3) is 0 Å². The van der Waals surface area contributed by atoms with Gasteiger partial charge in [-0.3, -0.25) is 0 Å². The van der Waals surface area contributed by atoms with Crippen molar-refractivity contribution in [3.05, 3.63) is 24.8 Å². The Balaban J connectivity index is 3.58. The number of unbranched alkanes of at least 4 members (excludes halogenated alkanes) is 8. The summed E-state index contributed by atoms with van der Waals surface area (Å²) in [5, 5.41) is 0. The molecule has 1 nitrogen and oxygen atoms in total. The van der Waals surface area contributed by atoms with Crippen LogP contribution in [-0.4, -0.2) is 12.7 Å². The fourth-order valence-corrected chi connectivity index (χ4v) is 2.70. The van der Waals surface area contributed by atoms with E-state index in [2.05, 4.69) is 32.6 Å². The van der Waals surface area contributed by atoms with Gasteiger partial charge in [0, 0.05) is 0 Å². The molecule has 0 heterocycles. The minimum absolute atomic E-state index is 0.420. The maximum atomic E-state index is 5.87. The lowest BCUT2D eigenvalue weighted by Crippen LogP contribution is -2.12. The van der Waals surface area contributed by atoms with Gasteiger partial charge in [0.15, 0.2) is 0 Å². The quantitative estimate of drug-likeness (QED) is 0.203. The highest BCUT2D eigenvalue weighted by Gasteiger charge is 2.06. The van der Waals surface area contributed by atoms with E-state index in [9.17, 15) is 0 Å². The van der Waals surface area contributed by atoms with Gasteiger partial charge >= 0.3 is 0 Å². The van der Waals surface area contributed by atoms with E-state index in [0.717, 1.165) is 12.8 Å². The first-order valence-electron chi connectivity index (χ1n) is 9.72. The molecule has 1 unspecified atom stereocenters. The number of hydrogen-bond donors (Lipinski definition) is 0. The highest BCUT2D eigenvalue weighted by atomic mass is 16.5. The van der Waals surface area contributed by atoms with Crippen molar-refractivity contribution >= 4 is 0 Å². The summed E-state index contributed by atoms with van der Waals surface area (Å²) in [7, 11) is 0. The van der Waals surface area contributed by atoms with Crippen LogP contribution in [0.2, 0.25) is 0 Å². The lowest BCUT2D eigenvalue weighted by molar-refractivity contribution is 0.0603. The number of rotatable bonds is 17. The van der Waals surface area contributed by atoms with E-state index in [-0.39, 0.29) is 0 Å². The van der Waals surface area contributed by atoms with Crippen LogP contribution < -0.4 is 0 Å². The Morgan fingerprint density at radius 3 is 2.14 bits per heavy atom. The van der Waals surface area contributed by atoms with E-state index in [1.54, 1.807) is 0 Å². The molecule has 0 aliphatic heterocycles. The van der Waals surface area contributed by atoms with Gasteiger partial charge in [-0.15, -0.1) is 6.58 Å². The van der Waals surface area contributed by atoms with Crippen LogP contribution in [0.25, 0.3) is 0 Å². The van der Waals surface area contributed by atoms with Crippen molar-refractivity contribution in [3.8, 4) is 0 Å². The lowest BCUT2D eigenvalue weighted by atomic mass is 10.1. The zero-order chi connectivity index (χ0) is 16.3. The van der Waals surface area contributed by atoms with Gasteiger partial charge in [0.2, 0.25) is 0 Å². The number of ether oxygens (including phenoxy) is 1. The Hall–Kier alpha value is -0.560. The average Bonchev–Trinajstić information content (AvgIpc) is 2.53. The van der Waals surface area contributed by atoms with Crippen molar-refractivity contribution < 1.29 is 4.74 Å². The summed E-state index contributed by atoms with van der Waals surface area (Å²) in [6, 6.07) is 0. The molecule has 0 aromatic carbocycles. The molecule has 0 amide bonds. The Bertz CT molecular complexity index is 244. The minimum Gasteiger partial charge on any atom is -0.374 e. The summed E-state index contributed by atoms with van der Waals surface area (Å²) in [5.74, 6) is 0. The molecule has 1 atom stereocenters. The van der Waals surface area contributed by atoms with E-state index in [1.165, 1.54) is 70.6 Å². The second-order valence-corrected chi connectivity index (χ2v) is 6.34. The highest BCUT2D eigenvalue weighted by molar-refractivity contribution is 4.82. The SMILES string of the molecule is C=CCOC(CC/C=C/CCCCCCCC)CCCCC. The molecule has 0 N–H and O–H groups in total. The monoisotopic (exact) mass is 308 g/mol. The zero-order valence-electron chi connectivity index (χ0n) is 15.3. The largest absolute Gasteiger partial charge is 0.374 e. The van der Waals surface area contributed by atoms with Crippen molar-refractivity contribution in [2.24, 2.45) is 0 Å². The molecule has 0 radical (unpaired) electrons. The molecule has 0 rings (SSSR count). The Labute approximate surface area is 140 Å². The second-order valence-electron chi connectivity index (χ2n) is 6.34. The number of hydrogen-bond acceptors (Lipinski definition) is 1. The Morgan fingerprint density at radius 2 is 1.41 bits per heavy atom. The highest BCUT2D eigenvalue weighted by Crippen LogP contribution is 2.13. The third-order valence-corrected chi connectivity index (χ3v) is 4.13. The van der Waals surface area contributed by atoms with Crippen molar-refractivity contribution in [3.63, 3.8) is 0 Å². The third-order valence-electron chi connectivity index (χ3n) is 4.13. The van der Waals surface area contributed by atoms with Crippen LogP contribution in [0.1, 0.15) is 97.3 Å². The van der Waals surface area contributed by atoms with Gasteiger partial charge in [-0.25, -0.2) is 0 Å². The first-order chi connectivity index (χ1) is 10.8. The maximum Gasteiger partial charge on any atom is 0.0648 e. The standard InChI is InChI=1S/C21H40O/c1-4-7-9-10-11-12-13-14-15-17-19-21(22-20-6-3)18-16-8-5-2/h6,14-15,21H,3-5,7-13,16-20H2,1-2H3/b15-14+. The summed E-state index contributed by atoms with van der Waals surface area (Å²) in [6.45, 7) is 8.97. The molecule has 0 aliphatic carbocycles. The molecule has 130 valence electrons. The maximum absolute atomic E-state index is 5.87. The minimum atomic E-state index is 0.420. The summed E-state index contributed by atoms with van der Waals surface area (Å²) in [6.07, 6.45) is 24.0. The van der Waals surface area contributed by atoms with E-state index < -0.39 is 0 Å². The van der Waals surface area contributed by atoms with Gasteiger partial charge in [-0.05, 0) is 32.1 Å². The Morgan fingerprint density at radius 1 is 0.773 bits per heavy atom. The van der Waals surface area contributed by atoms with Gasteiger partial charge in [-0.2, -0.15) is 0 Å². The normalized spacial score (nSPS) is 12.8. The van der Waals surface area contributed by atoms with E-state index in [4.69, 9.17) is 4.74 Å². The van der Waals surface area contributed by atoms with Gasteiger partial charge in [0.1, 0.15) is 0 Å². The van der Waals surface area contributed by atoms with Crippen LogP contribution >= 0.6 is 0 Å². The molecule has 1 heteroatoms. The molecule has 0 aromatic rings. The summed E-state index contributed by atoms with van der Waals surface area (Å²) < 4.78 is 5.87. The van der Waals surface area contributed by atoms with Crippen molar-refractivity contribution in [2.75, 3.05) is 6.61 Å². The Kier molecular flexibility index (Phi) is 18.0. The fourth-order valence-electron chi connectivity index (χ4n) is 2.70. The van der Waals surface area contributed by atoms with Crippen LogP contribution in [0.4, 0.5) is 0 Å². The van der Waals surface area contributed by atoms with E-state index in [1.807, 2.05) is 6.08 Å². The third kappa shape index (κ3) is 15.8. The van der Waals surface area contributed by atoms with Gasteiger partial charge < -0.3 is 4.74 Å². The second kappa shape index (κ2) is 18.5. The van der Waals surface area contributed by atoms with Crippen LogP contribution in [0, 0.1) is 0 Å². The predicted molar refractivity (Wildman–Crippen MR) is 100 cm³/mol. The zero-order valence-corrected chi connectivity index (χ0v) is 15.3. The van der Waals surface area contributed by atoms with Crippen LogP contribution in [0.5, 0.6) is 0 Å². The smallest absolute Gasteiger partial charge is 0.0648 e. The van der Waals surface area contributed by atoms with Crippen LogP contribution in [-0.2, 0) is 4.74 Å². The average molecular weight is 309 g/mol. The van der Waals surface area contributed by atoms with Crippen molar-refractivity contribution in [2.45, 2.75) is 103 Å². The molecule has 0 spiro atoms. The summed E-state index contributed by atoms with van der Waals surface area (Å²) in [5.41, 5.74) is 0. The summed E-state index contributed by atoms with van der Waals surface area (Å²) >= 11 is 0. The van der Waals surface area contributed by atoms with Crippen molar-refractivity contribution in [1.29, 1.82) is 0 Å². The van der Waals surface area contributed by atoms with Crippen LogP contribution in [0.3, 0.4) is 0 Å². The molecule has 0 aromatic heterocycles. The lowest BCUT2D eigenvalue weighted by Gasteiger charge is -2.16. The predicted octanol–water partition coefficient (Wildman–Crippen LogP) is 7.22. The molecular weight excluding hydrogens is 268 g/mol. The molecule has 0 saturated carbocycles. The molecule has 0 fully saturated rings. The first kappa shape index (κ1) is 21.4. The van der Waals surface area contributed by atoms with Gasteiger partial charge in [-0.1, -0.05) is 83.4 Å². The van der Waals surface area contributed by atoms with Gasteiger partial charge in [0.05, 0.1) is 12.7 Å². The van der Waals surface area contributed by atoms with Crippen LogP contribution in [0.15, 0.2) is 24.8 Å². The molecular formula is C21H40O. The fraction of sp³-hybridized carbons (Fsp3) is 0.810. The summed E-state index contributed by atoms with van der Waals surface area (Å²) in [4.78, 5) is 0. The van der Waals surface area contributed by atoms with E-state index in [0.29, 0.717) is 12.7 Å². The topological polar surface area (TPSA) is 9.23 Å². The molecule has 0 aliphatic rings. The molecule has 0 saturated heterocycles. The first-order valence-corrected chi connectivity index (χ1v) is 9.72. The molecule has 0 bridgehead atoms. The molecule has 22 heavy (non-hydrogen) atoms. The van der Waals surface area contributed by atoms with E-state index >= 15 is 0 Å². The van der Waals surface area contributed by atoms with Crippen molar-refractivity contribution in [1.82, 2.24) is 0 Å². The number of allylic oxidation sites excluding steroid dienone is 2.